The van der Waals surface area contributed by atoms with E-state index in [0.717, 1.165) is 11.8 Å². The van der Waals surface area contributed by atoms with Crippen molar-refractivity contribution >= 4 is 46.4 Å². The molecule has 0 spiro atoms. The van der Waals surface area contributed by atoms with Gasteiger partial charge < -0.3 is 19.9 Å². The molecule has 2 N–H and O–H groups in total. The average Bonchev–Trinajstić information content (AvgIpc) is 3.46. The second-order valence-corrected chi connectivity index (χ2v) is 7.88. The van der Waals surface area contributed by atoms with Crippen LogP contribution in [-0.2, 0) is 14.3 Å². The molecule has 1 unspecified atom stereocenters. The second kappa shape index (κ2) is 8.78. The standard InChI is InChI=1S/C19H17FN6O5S/c1-10(27)21-5-12-6-26(19(30)31-12)11-2-3-15(13(20)4-11)25-7-14(22-9-25)17(29)24-18-23-16(28)8-32-18/h2-4,7,9,12H,5-6,8H2,1H3,(H,21,27)(H,23,24,28,29). The van der Waals surface area contributed by atoms with Crippen LogP contribution in [0.3, 0.4) is 0 Å². The van der Waals surface area contributed by atoms with Gasteiger partial charge in [-0.15, -0.1) is 0 Å². The van der Waals surface area contributed by atoms with E-state index in [9.17, 15) is 23.6 Å². The summed E-state index contributed by atoms with van der Waals surface area (Å²) in [5.41, 5.74) is 0.379. The molecule has 3 heterocycles. The van der Waals surface area contributed by atoms with Gasteiger partial charge in [0.2, 0.25) is 11.8 Å². The molecule has 1 aromatic heterocycles. The summed E-state index contributed by atoms with van der Waals surface area (Å²) in [5.74, 6) is -1.61. The van der Waals surface area contributed by atoms with Crippen LogP contribution in [0.4, 0.5) is 14.9 Å². The number of thioether (sulfide) groups is 1. The quantitative estimate of drug-likeness (QED) is 0.675. The van der Waals surface area contributed by atoms with Gasteiger partial charge in [0.15, 0.2) is 5.17 Å². The van der Waals surface area contributed by atoms with Gasteiger partial charge in [0.05, 0.1) is 30.2 Å². The van der Waals surface area contributed by atoms with Crippen molar-refractivity contribution < 1.29 is 28.3 Å². The zero-order valence-corrected chi connectivity index (χ0v) is 17.5. The SMILES string of the molecule is CC(=O)NCC1CN(c2ccc(-n3cnc(C(=O)N=C4NC(=O)CS4)c3)c(F)c2)C(=O)O1. The van der Waals surface area contributed by atoms with Gasteiger partial charge >= 0.3 is 6.09 Å². The molecule has 0 bridgehead atoms. The number of hydrogen-bond acceptors (Lipinski definition) is 7. The summed E-state index contributed by atoms with van der Waals surface area (Å²) in [6, 6.07) is 4.14. The molecule has 2 aromatic rings. The molecular weight excluding hydrogens is 443 g/mol. The zero-order chi connectivity index (χ0) is 22.8. The fraction of sp³-hybridized carbons (Fsp3) is 0.263. The Morgan fingerprint density at radius 1 is 1.41 bits per heavy atom. The van der Waals surface area contributed by atoms with Gasteiger partial charge in [0, 0.05) is 13.1 Å². The number of halogens is 1. The molecule has 2 saturated heterocycles. The van der Waals surface area contributed by atoms with Crippen LogP contribution in [0, 0.1) is 5.82 Å². The number of rotatable bonds is 5. The normalized spacial score (nSPS) is 19.2. The smallest absolute Gasteiger partial charge is 0.414 e. The van der Waals surface area contributed by atoms with Gasteiger partial charge in [-0.05, 0) is 18.2 Å². The summed E-state index contributed by atoms with van der Waals surface area (Å²) in [6.45, 7) is 1.68. The van der Waals surface area contributed by atoms with Crippen molar-refractivity contribution in [3.8, 4) is 5.69 Å². The first-order valence-electron chi connectivity index (χ1n) is 9.42. The summed E-state index contributed by atoms with van der Waals surface area (Å²) < 4.78 is 21.3. The number of cyclic esters (lactones) is 1. The molecule has 1 aromatic carbocycles. The minimum Gasteiger partial charge on any atom is -0.442 e. The number of nitrogens with zero attached hydrogens (tertiary/aromatic N) is 4. The predicted octanol–water partition coefficient (Wildman–Crippen LogP) is 0.832. The largest absolute Gasteiger partial charge is 0.442 e. The number of benzene rings is 1. The third-order valence-electron chi connectivity index (χ3n) is 4.57. The van der Waals surface area contributed by atoms with Crippen LogP contribution in [0.5, 0.6) is 0 Å². The zero-order valence-electron chi connectivity index (χ0n) is 16.7. The monoisotopic (exact) mass is 460 g/mol. The van der Waals surface area contributed by atoms with Gasteiger partial charge in [0.1, 0.15) is 23.9 Å². The average molecular weight is 460 g/mol. The lowest BCUT2D eigenvalue weighted by Gasteiger charge is -2.14. The van der Waals surface area contributed by atoms with Crippen LogP contribution in [0.15, 0.2) is 35.7 Å². The highest BCUT2D eigenvalue weighted by Gasteiger charge is 2.32. The fourth-order valence-corrected chi connectivity index (χ4v) is 3.74. The Morgan fingerprint density at radius 3 is 2.91 bits per heavy atom. The minimum atomic E-state index is -0.671. The van der Waals surface area contributed by atoms with Gasteiger partial charge in [-0.3, -0.25) is 19.3 Å². The van der Waals surface area contributed by atoms with Crippen molar-refractivity contribution in [2.45, 2.75) is 13.0 Å². The van der Waals surface area contributed by atoms with Crippen molar-refractivity contribution in [1.82, 2.24) is 20.2 Å². The van der Waals surface area contributed by atoms with Crippen molar-refractivity contribution in [2.24, 2.45) is 4.99 Å². The summed E-state index contributed by atoms with van der Waals surface area (Å²) in [7, 11) is 0. The number of ether oxygens (including phenoxy) is 1. The first-order chi connectivity index (χ1) is 15.3. The summed E-state index contributed by atoms with van der Waals surface area (Å²) in [6.07, 6.45) is 1.40. The Balaban J connectivity index is 1.47. The number of carbonyl (C=O) groups excluding carboxylic acids is 4. The number of nitrogens with one attached hydrogen (secondary N) is 2. The number of imidazole rings is 1. The lowest BCUT2D eigenvalue weighted by atomic mass is 10.2. The first kappa shape index (κ1) is 21.5. The van der Waals surface area contributed by atoms with Crippen LogP contribution >= 0.6 is 11.8 Å². The van der Waals surface area contributed by atoms with E-state index < -0.39 is 23.9 Å². The van der Waals surface area contributed by atoms with Gasteiger partial charge in [0.25, 0.3) is 5.91 Å². The maximum atomic E-state index is 14.8. The minimum absolute atomic E-state index is 0.0216. The fourth-order valence-electron chi connectivity index (χ4n) is 3.07. The molecule has 2 aliphatic rings. The van der Waals surface area contributed by atoms with Crippen LogP contribution in [-0.4, -0.2) is 63.5 Å². The van der Waals surface area contributed by atoms with Crippen LogP contribution in [0.1, 0.15) is 17.4 Å². The third-order valence-corrected chi connectivity index (χ3v) is 5.44. The van der Waals surface area contributed by atoms with Crippen LogP contribution in [0.2, 0.25) is 0 Å². The van der Waals surface area contributed by atoms with E-state index in [1.165, 1.54) is 47.1 Å². The molecule has 4 amide bonds. The first-order valence-corrected chi connectivity index (χ1v) is 10.4. The van der Waals surface area contributed by atoms with E-state index in [4.69, 9.17) is 4.74 Å². The van der Waals surface area contributed by atoms with Crippen LogP contribution < -0.4 is 15.5 Å². The van der Waals surface area contributed by atoms with Crippen molar-refractivity contribution in [3.63, 3.8) is 0 Å². The Hall–Kier alpha value is -3.74. The number of hydrogen-bond donors (Lipinski definition) is 2. The molecule has 166 valence electrons. The van der Waals surface area contributed by atoms with E-state index in [1.54, 1.807) is 0 Å². The second-order valence-electron chi connectivity index (χ2n) is 6.91. The maximum absolute atomic E-state index is 14.8. The molecule has 0 aliphatic carbocycles. The lowest BCUT2D eigenvalue weighted by Crippen LogP contribution is -2.33. The maximum Gasteiger partial charge on any atom is 0.414 e. The number of aliphatic imine (C=N–C) groups is 1. The summed E-state index contributed by atoms with van der Waals surface area (Å²) >= 11 is 1.11. The highest BCUT2D eigenvalue weighted by Crippen LogP contribution is 2.25. The van der Waals surface area contributed by atoms with Gasteiger partial charge in [-0.1, -0.05) is 11.8 Å². The Morgan fingerprint density at radius 2 is 2.22 bits per heavy atom. The number of amidine groups is 1. The summed E-state index contributed by atoms with van der Waals surface area (Å²) in [4.78, 5) is 55.6. The molecule has 32 heavy (non-hydrogen) atoms. The Bertz CT molecular complexity index is 1150. The molecule has 4 rings (SSSR count). The molecule has 13 heteroatoms. The third kappa shape index (κ3) is 4.61. The highest BCUT2D eigenvalue weighted by molar-refractivity contribution is 8.15. The molecule has 1 atom stereocenters. The Labute approximate surface area is 185 Å². The number of anilines is 1. The Kier molecular flexibility index (Phi) is 5.90. The number of amides is 4. The van der Waals surface area contributed by atoms with E-state index in [2.05, 4.69) is 20.6 Å². The topological polar surface area (TPSA) is 135 Å². The highest BCUT2D eigenvalue weighted by atomic mass is 32.2. The lowest BCUT2D eigenvalue weighted by molar-refractivity contribution is -0.119. The summed E-state index contributed by atoms with van der Waals surface area (Å²) in [5, 5.41) is 5.22. The number of aromatic nitrogens is 2. The van der Waals surface area contributed by atoms with Gasteiger partial charge in [-0.25, -0.2) is 14.2 Å². The van der Waals surface area contributed by atoms with E-state index in [0.29, 0.717) is 5.69 Å². The van der Waals surface area contributed by atoms with Crippen molar-refractivity contribution in [3.05, 3.63) is 42.2 Å². The van der Waals surface area contributed by atoms with E-state index in [1.807, 2.05) is 0 Å². The van der Waals surface area contributed by atoms with Crippen LogP contribution in [0.25, 0.3) is 5.69 Å². The van der Waals surface area contributed by atoms with E-state index >= 15 is 0 Å². The molecule has 0 saturated carbocycles. The molecule has 2 fully saturated rings. The molecule has 2 aliphatic heterocycles. The predicted molar refractivity (Wildman–Crippen MR) is 112 cm³/mol. The molecule has 0 radical (unpaired) electrons. The molecular formula is C19H17FN6O5S. The van der Waals surface area contributed by atoms with E-state index in [-0.39, 0.29) is 47.2 Å². The molecule has 11 nitrogen and oxygen atoms in total. The van der Waals surface area contributed by atoms with Gasteiger partial charge in [-0.2, -0.15) is 4.99 Å². The van der Waals surface area contributed by atoms with Crippen molar-refractivity contribution in [1.29, 1.82) is 0 Å². The number of carbonyl (C=O) groups is 4. The van der Waals surface area contributed by atoms with Crippen molar-refractivity contribution in [2.75, 3.05) is 23.7 Å².